The summed E-state index contributed by atoms with van der Waals surface area (Å²) < 4.78 is 5.66. The van der Waals surface area contributed by atoms with Gasteiger partial charge in [0.05, 0.1) is 12.0 Å². The lowest BCUT2D eigenvalue weighted by atomic mass is 9.91. The number of hydrogen-bond acceptors (Lipinski definition) is 3. The first-order chi connectivity index (χ1) is 8.75. The molecule has 0 spiro atoms. The quantitative estimate of drug-likeness (QED) is 0.795. The summed E-state index contributed by atoms with van der Waals surface area (Å²) >= 11 is 0. The van der Waals surface area contributed by atoms with Crippen LogP contribution in [0.4, 0.5) is 0 Å². The van der Waals surface area contributed by atoms with E-state index in [9.17, 15) is 4.79 Å². The summed E-state index contributed by atoms with van der Waals surface area (Å²) in [5, 5.41) is 6.38. The van der Waals surface area contributed by atoms with Crippen LogP contribution in [0.3, 0.4) is 0 Å². The molecule has 18 heavy (non-hydrogen) atoms. The Morgan fingerprint density at radius 3 is 3.00 bits per heavy atom. The average Bonchev–Trinajstić information content (AvgIpc) is 2.40. The minimum absolute atomic E-state index is 0.154. The molecule has 2 rings (SSSR count). The lowest BCUT2D eigenvalue weighted by Crippen LogP contribution is -2.44. The minimum atomic E-state index is 0.154. The molecule has 0 aliphatic carbocycles. The van der Waals surface area contributed by atoms with Crippen molar-refractivity contribution in [3.05, 3.63) is 0 Å². The third kappa shape index (κ3) is 4.25. The topological polar surface area (TPSA) is 50.4 Å². The molecule has 0 saturated carbocycles. The van der Waals surface area contributed by atoms with Crippen LogP contribution in [-0.2, 0) is 9.53 Å². The van der Waals surface area contributed by atoms with Gasteiger partial charge in [-0.3, -0.25) is 4.79 Å². The van der Waals surface area contributed by atoms with Crippen LogP contribution in [0.5, 0.6) is 0 Å². The highest BCUT2D eigenvalue weighted by Gasteiger charge is 2.24. The number of ether oxygens (including phenoxy) is 1. The van der Waals surface area contributed by atoms with Crippen molar-refractivity contribution in [2.24, 2.45) is 11.8 Å². The fraction of sp³-hybridized carbons (Fsp3) is 0.929. The van der Waals surface area contributed by atoms with Gasteiger partial charge in [-0.1, -0.05) is 6.92 Å². The zero-order chi connectivity index (χ0) is 12.8. The van der Waals surface area contributed by atoms with Crippen LogP contribution in [0.2, 0.25) is 0 Å². The third-order valence-electron chi connectivity index (χ3n) is 3.98. The molecule has 0 aromatic carbocycles. The van der Waals surface area contributed by atoms with Gasteiger partial charge in [0.1, 0.15) is 0 Å². The van der Waals surface area contributed by atoms with E-state index in [4.69, 9.17) is 4.74 Å². The van der Waals surface area contributed by atoms with Crippen LogP contribution in [-0.4, -0.2) is 38.3 Å². The molecule has 0 aromatic heterocycles. The molecule has 2 fully saturated rings. The summed E-state index contributed by atoms with van der Waals surface area (Å²) in [7, 11) is 0. The van der Waals surface area contributed by atoms with E-state index < -0.39 is 0 Å². The van der Waals surface area contributed by atoms with Gasteiger partial charge in [0.2, 0.25) is 5.91 Å². The van der Waals surface area contributed by atoms with Crippen molar-refractivity contribution in [3.63, 3.8) is 0 Å². The molecule has 2 N–H and O–H groups in total. The first-order valence-corrected chi connectivity index (χ1v) is 7.35. The van der Waals surface area contributed by atoms with E-state index in [1.165, 1.54) is 12.8 Å². The lowest BCUT2D eigenvalue weighted by molar-refractivity contribution is -0.126. The smallest absolute Gasteiger partial charge is 0.224 e. The summed E-state index contributed by atoms with van der Waals surface area (Å²) in [6.07, 6.45) is 5.94. The summed E-state index contributed by atoms with van der Waals surface area (Å²) in [5.74, 6) is 0.974. The number of hydrogen-bond donors (Lipinski definition) is 2. The number of nitrogens with one attached hydrogen (secondary N) is 2. The molecular formula is C14H26N2O2. The van der Waals surface area contributed by atoms with E-state index in [-0.39, 0.29) is 11.8 Å². The molecule has 0 radical (unpaired) electrons. The van der Waals surface area contributed by atoms with Crippen molar-refractivity contribution in [3.8, 4) is 0 Å². The Hall–Kier alpha value is -0.610. The predicted octanol–water partition coefficient (Wildman–Crippen LogP) is 1.31. The molecular weight excluding hydrogens is 228 g/mol. The molecule has 2 saturated heterocycles. The SMILES string of the molecule is CC1CNCC(C(=O)NCCC2CCCCO2)C1. The van der Waals surface area contributed by atoms with E-state index in [0.29, 0.717) is 12.0 Å². The van der Waals surface area contributed by atoms with Crippen molar-refractivity contribution >= 4 is 5.91 Å². The van der Waals surface area contributed by atoms with Crippen LogP contribution in [0.15, 0.2) is 0 Å². The molecule has 3 unspecified atom stereocenters. The zero-order valence-electron chi connectivity index (χ0n) is 11.4. The normalized spacial score (nSPS) is 33.1. The van der Waals surface area contributed by atoms with Crippen LogP contribution in [0.25, 0.3) is 0 Å². The average molecular weight is 254 g/mol. The Kier molecular flexibility index (Phi) is 5.45. The molecule has 2 aliphatic rings. The van der Waals surface area contributed by atoms with E-state index >= 15 is 0 Å². The zero-order valence-corrected chi connectivity index (χ0v) is 11.4. The second-order valence-electron chi connectivity index (χ2n) is 5.76. The van der Waals surface area contributed by atoms with Crippen LogP contribution < -0.4 is 10.6 Å². The molecule has 1 amide bonds. The Morgan fingerprint density at radius 2 is 2.28 bits per heavy atom. The van der Waals surface area contributed by atoms with Crippen molar-refractivity contribution in [2.45, 2.75) is 45.1 Å². The first kappa shape index (κ1) is 13.8. The fourth-order valence-corrected chi connectivity index (χ4v) is 2.89. The van der Waals surface area contributed by atoms with Gasteiger partial charge in [-0.15, -0.1) is 0 Å². The van der Waals surface area contributed by atoms with Gasteiger partial charge in [0.15, 0.2) is 0 Å². The van der Waals surface area contributed by atoms with Gasteiger partial charge in [0.25, 0.3) is 0 Å². The second-order valence-corrected chi connectivity index (χ2v) is 5.76. The largest absolute Gasteiger partial charge is 0.378 e. The maximum absolute atomic E-state index is 12.0. The molecule has 4 nitrogen and oxygen atoms in total. The van der Waals surface area contributed by atoms with Gasteiger partial charge in [0, 0.05) is 19.7 Å². The highest BCUT2D eigenvalue weighted by Crippen LogP contribution is 2.17. The molecule has 2 aliphatic heterocycles. The fourth-order valence-electron chi connectivity index (χ4n) is 2.89. The van der Waals surface area contributed by atoms with Gasteiger partial charge < -0.3 is 15.4 Å². The lowest BCUT2D eigenvalue weighted by Gasteiger charge is -2.27. The maximum Gasteiger partial charge on any atom is 0.224 e. The molecule has 4 heteroatoms. The first-order valence-electron chi connectivity index (χ1n) is 7.35. The standard InChI is InChI=1S/C14H26N2O2/c1-11-8-12(10-15-9-11)14(17)16-6-5-13-4-2-3-7-18-13/h11-13,15H,2-10H2,1H3,(H,16,17). The summed E-state index contributed by atoms with van der Waals surface area (Å²) in [4.78, 5) is 12.0. The maximum atomic E-state index is 12.0. The van der Waals surface area contributed by atoms with Crippen molar-refractivity contribution < 1.29 is 9.53 Å². The summed E-state index contributed by atoms with van der Waals surface area (Å²) in [5.41, 5.74) is 0. The third-order valence-corrected chi connectivity index (χ3v) is 3.98. The van der Waals surface area contributed by atoms with Crippen LogP contribution >= 0.6 is 0 Å². The monoisotopic (exact) mass is 254 g/mol. The van der Waals surface area contributed by atoms with Gasteiger partial charge in [-0.05, 0) is 44.6 Å². The highest BCUT2D eigenvalue weighted by atomic mass is 16.5. The van der Waals surface area contributed by atoms with Crippen LogP contribution in [0, 0.1) is 11.8 Å². The van der Waals surface area contributed by atoms with E-state index in [2.05, 4.69) is 17.6 Å². The summed E-state index contributed by atoms with van der Waals surface area (Å²) in [6.45, 7) is 5.72. The van der Waals surface area contributed by atoms with Gasteiger partial charge in [-0.2, -0.15) is 0 Å². The van der Waals surface area contributed by atoms with Gasteiger partial charge >= 0.3 is 0 Å². The Morgan fingerprint density at radius 1 is 1.39 bits per heavy atom. The molecule has 2 heterocycles. The van der Waals surface area contributed by atoms with E-state index in [1.807, 2.05) is 0 Å². The number of piperidine rings is 1. The molecule has 0 bridgehead atoms. The number of amides is 1. The predicted molar refractivity (Wildman–Crippen MR) is 71.4 cm³/mol. The van der Waals surface area contributed by atoms with E-state index in [0.717, 1.165) is 45.5 Å². The Labute approximate surface area is 110 Å². The van der Waals surface area contributed by atoms with Crippen molar-refractivity contribution in [1.82, 2.24) is 10.6 Å². The van der Waals surface area contributed by atoms with Crippen molar-refractivity contribution in [2.75, 3.05) is 26.2 Å². The number of carbonyl (C=O) groups excluding carboxylic acids is 1. The molecule has 0 aromatic rings. The molecule has 3 atom stereocenters. The number of carbonyl (C=O) groups is 1. The van der Waals surface area contributed by atoms with E-state index in [1.54, 1.807) is 0 Å². The van der Waals surface area contributed by atoms with Crippen LogP contribution in [0.1, 0.15) is 39.0 Å². The summed E-state index contributed by atoms with van der Waals surface area (Å²) in [6, 6.07) is 0. The Bertz CT molecular complexity index is 265. The number of rotatable bonds is 4. The minimum Gasteiger partial charge on any atom is -0.378 e. The Balaban J connectivity index is 1.61. The van der Waals surface area contributed by atoms with Crippen molar-refractivity contribution in [1.29, 1.82) is 0 Å². The van der Waals surface area contributed by atoms with Gasteiger partial charge in [-0.25, -0.2) is 0 Å². The second kappa shape index (κ2) is 7.10. The molecule has 104 valence electrons. The highest BCUT2D eigenvalue weighted by molar-refractivity contribution is 5.78.